The van der Waals surface area contributed by atoms with Gasteiger partial charge in [-0.2, -0.15) is 9.94 Å². The van der Waals surface area contributed by atoms with E-state index in [0.717, 1.165) is 19.3 Å². The molecule has 2 heterocycles. The highest BCUT2D eigenvalue weighted by atomic mass is 19.1. The number of carbonyl (C=O) groups excluding carboxylic acids is 1. The minimum Gasteiger partial charge on any atom is -0.369 e. The highest BCUT2D eigenvalue weighted by molar-refractivity contribution is 5.87. The van der Waals surface area contributed by atoms with Gasteiger partial charge in [-0.15, -0.1) is 0 Å². The van der Waals surface area contributed by atoms with E-state index in [1.54, 1.807) is 6.92 Å². The molecule has 2 atom stereocenters. The van der Waals surface area contributed by atoms with Gasteiger partial charge in [0.25, 0.3) is 5.56 Å². The number of anilines is 1. The van der Waals surface area contributed by atoms with E-state index in [1.165, 1.54) is 17.6 Å². The van der Waals surface area contributed by atoms with Gasteiger partial charge in [0.05, 0.1) is 22.7 Å². The summed E-state index contributed by atoms with van der Waals surface area (Å²) in [6, 6.07) is 3.18. The molecule has 34 heavy (non-hydrogen) atoms. The lowest BCUT2D eigenvalue weighted by Crippen LogP contribution is -2.46. The Hall–Kier alpha value is -3.39. The number of halogens is 1. The summed E-state index contributed by atoms with van der Waals surface area (Å²) in [6.07, 6.45) is 2.73. The number of fused-ring (bicyclic) bond motifs is 1. The number of nitrogens with two attached hydrogens (primary N) is 1. The molecule has 1 aliphatic heterocycles. The van der Waals surface area contributed by atoms with Gasteiger partial charge in [-0.3, -0.25) is 14.2 Å². The van der Waals surface area contributed by atoms with Crippen molar-refractivity contribution in [3.8, 4) is 6.07 Å². The standard InChI is InChI=1S/C23H30FN7O3/c1-13-20-17(22(33)31(26)23(34)30(20)16-4-5-16)10-18(24)21(13)29-9-6-15(12-29)19(11-28-14(2)32)27-8-3-7-25/h10,15-16,19,27H,3-6,8-9,11-12,26H2,1-2H3,(H,28,32). The Bertz CT molecular complexity index is 1270. The summed E-state index contributed by atoms with van der Waals surface area (Å²) in [5.41, 5.74) is 0.0845. The summed E-state index contributed by atoms with van der Waals surface area (Å²) >= 11 is 0. The third kappa shape index (κ3) is 4.37. The van der Waals surface area contributed by atoms with Gasteiger partial charge < -0.3 is 21.4 Å². The number of carbonyl (C=O) groups is 1. The van der Waals surface area contributed by atoms with Crippen LogP contribution in [-0.4, -0.2) is 47.4 Å². The molecule has 1 amide bonds. The van der Waals surface area contributed by atoms with Gasteiger partial charge in [-0.05, 0) is 38.2 Å². The molecule has 0 bridgehead atoms. The zero-order chi connectivity index (χ0) is 24.6. The fourth-order valence-electron chi connectivity index (χ4n) is 5.01. The lowest BCUT2D eigenvalue weighted by molar-refractivity contribution is -0.119. The molecule has 2 fully saturated rings. The van der Waals surface area contributed by atoms with E-state index in [0.29, 0.717) is 54.0 Å². The topological polar surface area (TPSA) is 138 Å². The minimum atomic E-state index is -0.707. The van der Waals surface area contributed by atoms with Crippen LogP contribution >= 0.6 is 0 Å². The zero-order valence-corrected chi connectivity index (χ0v) is 19.4. The molecule has 2 aliphatic rings. The first-order valence-corrected chi connectivity index (χ1v) is 11.6. The van der Waals surface area contributed by atoms with Crippen LogP contribution in [0, 0.1) is 30.0 Å². The number of aromatic nitrogens is 2. The lowest BCUT2D eigenvalue weighted by atomic mass is 9.98. The van der Waals surface area contributed by atoms with Crippen LogP contribution in [0.15, 0.2) is 15.7 Å². The van der Waals surface area contributed by atoms with Crippen LogP contribution < -0.4 is 32.6 Å². The molecule has 182 valence electrons. The van der Waals surface area contributed by atoms with E-state index in [9.17, 15) is 14.4 Å². The number of amides is 1. The van der Waals surface area contributed by atoms with E-state index in [2.05, 4.69) is 16.7 Å². The van der Waals surface area contributed by atoms with Crippen molar-refractivity contribution in [3.63, 3.8) is 0 Å². The maximum atomic E-state index is 15.4. The highest BCUT2D eigenvalue weighted by Gasteiger charge is 2.34. The third-order valence-corrected chi connectivity index (χ3v) is 6.80. The first-order valence-electron chi connectivity index (χ1n) is 11.6. The van der Waals surface area contributed by atoms with Gasteiger partial charge >= 0.3 is 5.69 Å². The number of nitrogens with one attached hydrogen (secondary N) is 2. The second kappa shape index (κ2) is 9.46. The van der Waals surface area contributed by atoms with Crippen molar-refractivity contribution >= 4 is 22.5 Å². The highest BCUT2D eigenvalue weighted by Crippen LogP contribution is 2.39. The molecule has 10 nitrogen and oxygen atoms in total. The summed E-state index contributed by atoms with van der Waals surface area (Å²) in [5.74, 6) is 5.16. The van der Waals surface area contributed by atoms with Crippen molar-refractivity contribution in [3.05, 3.63) is 38.3 Å². The van der Waals surface area contributed by atoms with Crippen LogP contribution in [0.4, 0.5) is 10.1 Å². The van der Waals surface area contributed by atoms with Crippen LogP contribution in [-0.2, 0) is 4.79 Å². The molecule has 4 N–H and O–H groups in total. The molecule has 2 unspecified atom stereocenters. The Kier molecular flexibility index (Phi) is 6.61. The van der Waals surface area contributed by atoms with Crippen molar-refractivity contribution in [1.82, 2.24) is 19.9 Å². The summed E-state index contributed by atoms with van der Waals surface area (Å²) in [7, 11) is 0. The number of aryl methyl sites for hydroxylation is 1. The predicted octanol–water partition coefficient (Wildman–Crippen LogP) is 0.494. The second-order valence-corrected chi connectivity index (χ2v) is 9.19. The van der Waals surface area contributed by atoms with Gasteiger partial charge in [0, 0.05) is 57.2 Å². The number of nitriles is 1. The first kappa shape index (κ1) is 23.8. The van der Waals surface area contributed by atoms with Crippen LogP contribution in [0.2, 0.25) is 0 Å². The number of hydrogen-bond donors (Lipinski definition) is 3. The molecular weight excluding hydrogens is 441 g/mol. The van der Waals surface area contributed by atoms with Gasteiger partial charge in [0.1, 0.15) is 5.82 Å². The van der Waals surface area contributed by atoms with Crippen LogP contribution in [0.3, 0.4) is 0 Å². The summed E-state index contributed by atoms with van der Waals surface area (Å²) in [6.45, 7) is 5.23. The fourth-order valence-corrected chi connectivity index (χ4v) is 5.01. The Morgan fingerprint density at radius 3 is 2.74 bits per heavy atom. The van der Waals surface area contributed by atoms with Crippen molar-refractivity contribution in [2.24, 2.45) is 5.92 Å². The van der Waals surface area contributed by atoms with Crippen LogP contribution in [0.1, 0.15) is 44.2 Å². The number of benzene rings is 1. The van der Waals surface area contributed by atoms with Crippen molar-refractivity contribution in [1.29, 1.82) is 5.26 Å². The van der Waals surface area contributed by atoms with Crippen LogP contribution in [0.25, 0.3) is 10.9 Å². The number of hydrogen-bond acceptors (Lipinski definition) is 7. The number of nitrogen functional groups attached to an aromatic ring is 1. The monoisotopic (exact) mass is 471 g/mol. The Balaban J connectivity index is 1.69. The largest absolute Gasteiger partial charge is 0.369 e. The molecule has 1 aromatic heterocycles. The van der Waals surface area contributed by atoms with Gasteiger partial charge in [-0.25, -0.2) is 9.18 Å². The smallest absolute Gasteiger partial charge is 0.350 e. The SMILES string of the molecule is CC(=O)NCC(NCCC#N)C1CCN(c2c(F)cc3c(=O)n(N)c(=O)n(C4CC4)c3c2C)C1. The van der Waals surface area contributed by atoms with Crippen molar-refractivity contribution in [2.45, 2.75) is 51.6 Å². The first-order chi connectivity index (χ1) is 16.2. The summed E-state index contributed by atoms with van der Waals surface area (Å²) < 4.78 is 17.5. The predicted molar refractivity (Wildman–Crippen MR) is 127 cm³/mol. The van der Waals surface area contributed by atoms with Crippen molar-refractivity contribution < 1.29 is 9.18 Å². The molecule has 1 aromatic carbocycles. The van der Waals surface area contributed by atoms with E-state index < -0.39 is 17.1 Å². The Labute approximate surface area is 196 Å². The Morgan fingerprint density at radius 2 is 2.09 bits per heavy atom. The normalized spacial score (nSPS) is 18.8. The number of rotatable bonds is 8. The van der Waals surface area contributed by atoms with Gasteiger partial charge in [0.2, 0.25) is 5.91 Å². The van der Waals surface area contributed by atoms with E-state index >= 15 is 4.39 Å². The van der Waals surface area contributed by atoms with Gasteiger partial charge in [-0.1, -0.05) is 0 Å². The molecule has 0 radical (unpaired) electrons. The van der Waals surface area contributed by atoms with E-state index in [-0.39, 0.29) is 29.3 Å². The third-order valence-electron chi connectivity index (χ3n) is 6.80. The average molecular weight is 472 g/mol. The summed E-state index contributed by atoms with van der Waals surface area (Å²) in [4.78, 5) is 38.8. The quantitative estimate of drug-likeness (QED) is 0.376. The molecule has 4 rings (SSSR count). The molecule has 1 saturated carbocycles. The summed E-state index contributed by atoms with van der Waals surface area (Å²) in [5, 5.41) is 15.1. The van der Waals surface area contributed by atoms with Crippen molar-refractivity contribution in [2.75, 3.05) is 36.9 Å². The van der Waals surface area contributed by atoms with Crippen LogP contribution in [0.5, 0.6) is 0 Å². The molecule has 2 aromatic rings. The molecule has 11 heteroatoms. The zero-order valence-electron chi connectivity index (χ0n) is 19.4. The molecule has 1 aliphatic carbocycles. The molecule has 1 saturated heterocycles. The van der Waals surface area contributed by atoms with Gasteiger partial charge in [0.15, 0.2) is 0 Å². The number of nitrogens with zero attached hydrogens (tertiary/aromatic N) is 4. The lowest BCUT2D eigenvalue weighted by Gasteiger charge is -2.27. The minimum absolute atomic E-state index is 0.0416. The van der Waals surface area contributed by atoms with E-state index in [1.807, 2.05) is 4.90 Å². The Morgan fingerprint density at radius 1 is 1.35 bits per heavy atom. The maximum Gasteiger partial charge on any atom is 0.350 e. The second-order valence-electron chi connectivity index (χ2n) is 9.19. The maximum absolute atomic E-state index is 15.4. The fraction of sp³-hybridized carbons (Fsp3) is 0.565. The average Bonchev–Trinajstić information content (AvgIpc) is 3.52. The molecular formula is C23H30FN7O3. The van der Waals surface area contributed by atoms with E-state index in [4.69, 9.17) is 11.1 Å². The molecule has 0 spiro atoms.